The number of ether oxygens (including phenoxy) is 2. The number of hydrogen-bond acceptors (Lipinski definition) is 5. The van der Waals surface area contributed by atoms with Crippen molar-refractivity contribution in [1.29, 1.82) is 0 Å². The molecule has 31 heavy (non-hydrogen) atoms. The SMILES string of the molecule is CCOc1cc(/C=C2/NC(=O)N(CC(=O)Nc3cccc(C)c3)C2=O)c(Br)cc1OC. The van der Waals surface area contributed by atoms with Gasteiger partial charge in [-0.3, -0.25) is 9.59 Å². The van der Waals surface area contributed by atoms with Gasteiger partial charge in [-0.15, -0.1) is 0 Å². The number of halogens is 1. The Bertz CT molecular complexity index is 1070. The number of amides is 4. The molecule has 8 nitrogen and oxygen atoms in total. The summed E-state index contributed by atoms with van der Waals surface area (Å²) < 4.78 is 11.5. The van der Waals surface area contributed by atoms with Gasteiger partial charge in [0.2, 0.25) is 5.91 Å². The predicted molar refractivity (Wildman–Crippen MR) is 120 cm³/mol. The van der Waals surface area contributed by atoms with Crippen LogP contribution < -0.4 is 20.1 Å². The zero-order valence-corrected chi connectivity index (χ0v) is 18.9. The van der Waals surface area contributed by atoms with Gasteiger partial charge in [0.25, 0.3) is 5.91 Å². The van der Waals surface area contributed by atoms with Crippen LogP contribution in [0.25, 0.3) is 6.08 Å². The fraction of sp³-hybridized carbons (Fsp3) is 0.227. The molecule has 2 aromatic carbocycles. The number of nitrogens with one attached hydrogen (secondary N) is 2. The quantitative estimate of drug-likeness (QED) is 0.458. The molecule has 0 aromatic heterocycles. The molecular formula is C22H22BrN3O5. The number of carbonyl (C=O) groups excluding carboxylic acids is 3. The van der Waals surface area contributed by atoms with Gasteiger partial charge in [0.05, 0.1) is 13.7 Å². The molecule has 0 aliphatic carbocycles. The Balaban J connectivity index is 1.77. The van der Waals surface area contributed by atoms with E-state index in [9.17, 15) is 14.4 Å². The second-order valence-corrected chi connectivity index (χ2v) is 7.61. The third-order valence-electron chi connectivity index (χ3n) is 4.45. The van der Waals surface area contributed by atoms with E-state index in [0.717, 1.165) is 10.5 Å². The lowest BCUT2D eigenvalue weighted by Gasteiger charge is -2.12. The molecule has 3 rings (SSSR count). The molecular weight excluding hydrogens is 466 g/mol. The highest BCUT2D eigenvalue weighted by Gasteiger charge is 2.35. The molecule has 2 aromatic rings. The number of hydrogen-bond donors (Lipinski definition) is 2. The van der Waals surface area contributed by atoms with E-state index in [-0.39, 0.29) is 5.70 Å². The third-order valence-corrected chi connectivity index (χ3v) is 5.14. The van der Waals surface area contributed by atoms with E-state index in [1.807, 2.05) is 26.0 Å². The van der Waals surface area contributed by atoms with Crippen LogP contribution in [0.15, 0.2) is 46.6 Å². The Morgan fingerprint density at radius 3 is 2.68 bits per heavy atom. The lowest BCUT2D eigenvalue weighted by molar-refractivity contribution is -0.127. The van der Waals surface area contributed by atoms with Gasteiger partial charge in [0, 0.05) is 10.2 Å². The molecule has 1 saturated heterocycles. The Labute approximate surface area is 188 Å². The number of nitrogens with zero attached hydrogens (tertiary/aromatic N) is 1. The van der Waals surface area contributed by atoms with Crippen LogP contribution in [0.4, 0.5) is 10.5 Å². The van der Waals surface area contributed by atoms with Crippen molar-refractivity contribution in [2.45, 2.75) is 13.8 Å². The molecule has 0 atom stereocenters. The minimum absolute atomic E-state index is 0.0571. The number of carbonyl (C=O) groups is 3. The first kappa shape index (κ1) is 22.4. The van der Waals surface area contributed by atoms with Gasteiger partial charge < -0.3 is 20.1 Å². The number of anilines is 1. The summed E-state index contributed by atoms with van der Waals surface area (Å²) in [6.07, 6.45) is 1.52. The molecule has 4 amide bonds. The van der Waals surface area contributed by atoms with E-state index in [1.54, 1.807) is 24.3 Å². The minimum Gasteiger partial charge on any atom is -0.493 e. The maximum absolute atomic E-state index is 12.7. The van der Waals surface area contributed by atoms with Gasteiger partial charge in [0.1, 0.15) is 12.2 Å². The topological polar surface area (TPSA) is 97.0 Å². The van der Waals surface area contributed by atoms with E-state index in [2.05, 4.69) is 26.6 Å². The zero-order valence-electron chi connectivity index (χ0n) is 17.3. The molecule has 0 bridgehead atoms. The van der Waals surface area contributed by atoms with Crippen molar-refractivity contribution in [2.24, 2.45) is 0 Å². The maximum atomic E-state index is 12.7. The number of benzene rings is 2. The molecule has 2 N–H and O–H groups in total. The summed E-state index contributed by atoms with van der Waals surface area (Å²) in [5, 5.41) is 5.20. The molecule has 0 spiro atoms. The van der Waals surface area contributed by atoms with E-state index < -0.39 is 24.4 Å². The normalized spacial score (nSPS) is 14.6. The van der Waals surface area contributed by atoms with Crippen molar-refractivity contribution in [3.63, 3.8) is 0 Å². The molecule has 1 aliphatic heterocycles. The standard InChI is InChI=1S/C22H22BrN3O5/c1-4-31-19-10-14(16(23)11-18(19)30-3)9-17-21(28)26(22(29)25-17)12-20(27)24-15-7-5-6-13(2)8-15/h5-11H,4,12H2,1-3H3,(H,24,27)(H,25,29)/b17-9+. The first-order valence-corrected chi connectivity index (χ1v) is 10.3. The van der Waals surface area contributed by atoms with E-state index in [0.29, 0.717) is 33.8 Å². The Kier molecular flexibility index (Phi) is 6.96. The molecule has 0 unspecified atom stereocenters. The summed E-state index contributed by atoms with van der Waals surface area (Å²) in [5.74, 6) is -0.0250. The van der Waals surface area contributed by atoms with Crippen LogP contribution in [-0.4, -0.2) is 43.0 Å². The van der Waals surface area contributed by atoms with E-state index in [1.165, 1.54) is 13.2 Å². The minimum atomic E-state index is -0.662. The highest BCUT2D eigenvalue weighted by atomic mass is 79.9. The number of urea groups is 1. The van der Waals surface area contributed by atoms with Crippen molar-refractivity contribution in [3.05, 3.63) is 57.7 Å². The van der Waals surface area contributed by atoms with Crippen LogP contribution in [0.3, 0.4) is 0 Å². The average Bonchev–Trinajstić information content (AvgIpc) is 2.97. The Morgan fingerprint density at radius 1 is 1.23 bits per heavy atom. The number of aryl methyl sites for hydroxylation is 1. The van der Waals surface area contributed by atoms with E-state index in [4.69, 9.17) is 9.47 Å². The van der Waals surface area contributed by atoms with Gasteiger partial charge in [-0.25, -0.2) is 9.69 Å². The smallest absolute Gasteiger partial charge is 0.329 e. The van der Waals surface area contributed by atoms with Crippen LogP contribution in [0.2, 0.25) is 0 Å². The van der Waals surface area contributed by atoms with Gasteiger partial charge >= 0.3 is 6.03 Å². The Morgan fingerprint density at radius 2 is 2.00 bits per heavy atom. The largest absolute Gasteiger partial charge is 0.493 e. The number of imide groups is 1. The van der Waals surface area contributed by atoms with Crippen molar-refractivity contribution in [2.75, 3.05) is 25.6 Å². The molecule has 0 saturated carbocycles. The van der Waals surface area contributed by atoms with E-state index >= 15 is 0 Å². The predicted octanol–water partition coefficient (Wildman–Crippen LogP) is 3.70. The van der Waals surface area contributed by atoms with Crippen LogP contribution >= 0.6 is 15.9 Å². The lowest BCUT2D eigenvalue weighted by Crippen LogP contribution is -2.38. The van der Waals surface area contributed by atoms with Crippen molar-refractivity contribution in [3.8, 4) is 11.5 Å². The molecule has 1 heterocycles. The molecule has 9 heteroatoms. The highest BCUT2D eigenvalue weighted by Crippen LogP contribution is 2.34. The second-order valence-electron chi connectivity index (χ2n) is 6.75. The zero-order chi connectivity index (χ0) is 22.5. The van der Waals surface area contributed by atoms with Gasteiger partial charge in [-0.1, -0.05) is 28.1 Å². The van der Waals surface area contributed by atoms with Crippen LogP contribution in [0.1, 0.15) is 18.1 Å². The van der Waals surface area contributed by atoms with Crippen LogP contribution in [-0.2, 0) is 9.59 Å². The fourth-order valence-electron chi connectivity index (χ4n) is 3.03. The average molecular weight is 488 g/mol. The van der Waals surface area contributed by atoms with Crippen molar-refractivity contribution >= 4 is 45.5 Å². The fourth-order valence-corrected chi connectivity index (χ4v) is 3.46. The van der Waals surface area contributed by atoms with Crippen LogP contribution in [0.5, 0.6) is 11.5 Å². The number of rotatable bonds is 7. The monoisotopic (exact) mass is 487 g/mol. The highest BCUT2D eigenvalue weighted by molar-refractivity contribution is 9.10. The van der Waals surface area contributed by atoms with Gasteiger partial charge in [-0.05, 0) is 55.3 Å². The number of methoxy groups -OCH3 is 1. The lowest BCUT2D eigenvalue weighted by atomic mass is 10.1. The van der Waals surface area contributed by atoms with Gasteiger partial charge in [0.15, 0.2) is 11.5 Å². The van der Waals surface area contributed by atoms with Crippen molar-refractivity contribution in [1.82, 2.24) is 10.2 Å². The molecule has 0 radical (unpaired) electrons. The summed E-state index contributed by atoms with van der Waals surface area (Å²) >= 11 is 3.43. The molecule has 1 aliphatic rings. The molecule has 1 fully saturated rings. The van der Waals surface area contributed by atoms with Crippen molar-refractivity contribution < 1.29 is 23.9 Å². The summed E-state index contributed by atoms with van der Waals surface area (Å²) in [6, 6.07) is 10.00. The second kappa shape index (κ2) is 9.65. The Hall–Kier alpha value is -3.33. The summed E-state index contributed by atoms with van der Waals surface area (Å²) in [4.78, 5) is 38.2. The molecule has 162 valence electrons. The third kappa shape index (κ3) is 5.24. The first-order valence-electron chi connectivity index (χ1n) is 9.53. The van der Waals surface area contributed by atoms with Gasteiger partial charge in [-0.2, -0.15) is 0 Å². The summed E-state index contributed by atoms with van der Waals surface area (Å²) in [7, 11) is 1.53. The maximum Gasteiger partial charge on any atom is 0.329 e. The summed E-state index contributed by atoms with van der Waals surface area (Å²) in [5.41, 5.74) is 2.24. The summed E-state index contributed by atoms with van der Waals surface area (Å²) in [6.45, 7) is 3.79. The van der Waals surface area contributed by atoms with Crippen LogP contribution in [0, 0.1) is 6.92 Å². The first-order chi connectivity index (χ1) is 14.8.